The highest BCUT2D eigenvalue weighted by atomic mass is 16.6. The zero-order chi connectivity index (χ0) is 36.8. The summed E-state index contributed by atoms with van der Waals surface area (Å²) in [6.07, 6.45) is 0.344. The number of hydrogen-bond acceptors (Lipinski definition) is 12. The van der Waals surface area contributed by atoms with Crippen LogP contribution in [0, 0.1) is 0 Å². The highest BCUT2D eigenvalue weighted by Crippen LogP contribution is 2.45. The number of Topliss-reactive ketones (excluding diaryl/α,β-unsaturated/α-hetero) is 2. The molecule has 0 saturated carbocycles. The summed E-state index contributed by atoms with van der Waals surface area (Å²) in [6, 6.07) is 8.05. The van der Waals surface area contributed by atoms with Crippen molar-refractivity contribution in [3.63, 3.8) is 0 Å². The zero-order valence-corrected chi connectivity index (χ0v) is 29.5. The van der Waals surface area contributed by atoms with Crippen LogP contribution in [-0.4, -0.2) is 95.6 Å². The highest BCUT2D eigenvalue weighted by molar-refractivity contribution is 6.00. The summed E-state index contributed by atoms with van der Waals surface area (Å²) < 4.78 is 33.0. The van der Waals surface area contributed by atoms with Crippen LogP contribution < -0.4 is 9.47 Å². The van der Waals surface area contributed by atoms with Gasteiger partial charge in [0.05, 0.1) is 0 Å². The Hall–Kier alpha value is -5.14. The second-order valence-corrected chi connectivity index (χ2v) is 13.9. The molecule has 0 N–H and O–H groups in total. The van der Waals surface area contributed by atoms with Crippen molar-refractivity contribution in [1.82, 2.24) is 9.80 Å². The van der Waals surface area contributed by atoms with Gasteiger partial charge >= 0.3 is 24.1 Å². The van der Waals surface area contributed by atoms with E-state index in [4.69, 9.17) is 28.4 Å². The first-order chi connectivity index (χ1) is 23.4. The number of amides is 2. The lowest BCUT2D eigenvalue weighted by molar-refractivity contribution is -0.147. The third-order valence-electron chi connectivity index (χ3n) is 7.30. The molecule has 14 heteroatoms. The molecule has 2 heterocycles. The van der Waals surface area contributed by atoms with E-state index >= 15 is 0 Å². The number of likely N-dealkylation sites (tertiary alicyclic amines) is 1. The van der Waals surface area contributed by atoms with Crippen molar-refractivity contribution in [1.29, 1.82) is 0 Å². The van der Waals surface area contributed by atoms with E-state index in [1.54, 1.807) is 41.5 Å². The van der Waals surface area contributed by atoms with Gasteiger partial charge in [-0.25, -0.2) is 14.4 Å². The summed E-state index contributed by atoms with van der Waals surface area (Å²) in [7, 11) is 0. The van der Waals surface area contributed by atoms with Gasteiger partial charge < -0.3 is 28.4 Å². The Kier molecular flexibility index (Phi) is 11.8. The van der Waals surface area contributed by atoms with Crippen LogP contribution in [0.25, 0.3) is 0 Å². The fourth-order valence-electron chi connectivity index (χ4n) is 5.06. The number of rotatable bonds is 11. The Bertz CT molecular complexity index is 1640. The molecule has 2 amide bonds. The van der Waals surface area contributed by atoms with Crippen LogP contribution in [0.5, 0.6) is 23.0 Å². The molecule has 2 aliphatic rings. The van der Waals surface area contributed by atoms with E-state index in [1.807, 2.05) is 6.92 Å². The molecule has 4 rings (SSSR count). The van der Waals surface area contributed by atoms with Crippen LogP contribution in [0.15, 0.2) is 36.4 Å². The molecular formula is C36H44N2O12. The molecule has 270 valence electrons. The topological polar surface area (TPSA) is 164 Å². The number of fused-ring (bicyclic) bond motifs is 2. The monoisotopic (exact) mass is 696 g/mol. The first-order valence-corrected chi connectivity index (χ1v) is 16.4. The summed E-state index contributed by atoms with van der Waals surface area (Å²) in [5, 5.41) is 0. The van der Waals surface area contributed by atoms with Gasteiger partial charge in [0.15, 0.2) is 47.8 Å². The van der Waals surface area contributed by atoms with Crippen LogP contribution in [0.1, 0.15) is 88.4 Å². The normalized spacial score (nSPS) is 15.0. The van der Waals surface area contributed by atoms with Crippen LogP contribution >= 0.6 is 0 Å². The summed E-state index contributed by atoms with van der Waals surface area (Å²) >= 11 is 0. The third kappa shape index (κ3) is 10.2. The Morgan fingerprint density at radius 2 is 1.32 bits per heavy atom. The van der Waals surface area contributed by atoms with Crippen LogP contribution in [-0.2, 0) is 28.5 Å². The molecule has 0 radical (unpaired) electrons. The summed E-state index contributed by atoms with van der Waals surface area (Å²) in [5.74, 6) is -1.42. The Balaban J connectivity index is 1.31. The van der Waals surface area contributed by atoms with Gasteiger partial charge in [-0.15, -0.1) is 0 Å². The molecule has 1 saturated heterocycles. The van der Waals surface area contributed by atoms with Crippen molar-refractivity contribution in [2.75, 3.05) is 32.8 Å². The van der Waals surface area contributed by atoms with Crippen molar-refractivity contribution in [2.24, 2.45) is 0 Å². The average molecular weight is 697 g/mol. The van der Waals surface area contributed by atoms with Gasteiger partial charge in [-0.1, -0.05) is 6.92 Å². The number of benzene rings is 2. The first kappa shape index (κ1) is 37.7. The van der Waals surface area contributed by atoms with Crippen LogP contribution in [0.3, 0.4) is 0 Å². The van der Waals surface area contributed by atoms with E-state index in [-0.39, 0.29) is 47.2 Å². The van der Waals surface area contributed by atoms with E-state index in [0.29, 0.717) is 25.8 Å². The minimum Gasteiger partial charge on any atom is -0.456 e. The summed E-state index contributed by atoms with van der Waals surface area (Å²) in [5.41, 5.74) is -1.05. The fourth-order valence-corrected chi connectivity index (χ4v) is 5.06. The Labute approximate surface area is 290 Å². The number of ketones is 2. The van der Waals surface area contributed by atoms with E-state index in [2.05, 4.69) is 0 Å². The Morgan fingerprint density at radius 3 is 1.84 bits per heavy atom. The minimum atomic E-state index is -0.835. The second-order valence-electron chi connectivity index (χ2n) is 13.9. The minimum absolute atomic E-state index is 0.197. The zero-order valence-electron chi connectivity index (χ0n) is 29.5. The average Bonchev–Trinajstić information content (AvgIpc) is 3.53. The van der Waals surface area contributed by atoms with Gasteiger partial charge in [0.1, 0.15) is 23.8 Å². The molecule has 2 aliphatic heterocycles. The molecule has 0 aromatic heterocycles. The molecule has 2 aromatic rings. The molecule has 1 atom stereocenters. The van der Waals surface area contributed by atoms with Crippen molar-refractivity contribution < 1.29 is 57.2 Å². The number of ether oxygens (including phenoxy) is 6. The van der Waals surface area contributed by atoms with Crippen LogP contribution in [0.4, 0.5) is 9.59 Å². The third-order valence-corrected chi connectivity index (χ3v) is 7.30. The van der Waals surface area contributed by atoms with Crippen LogP contribution in [0.2, 0.25) is 0 Å². The Morgan fingerprint density at radius 1 is 0.780 bits per heavy atom. The van der Waals surface area contributed by atoms with E-state index in [0.717, 1.165) is 0 Å². The van der Waals surface area contributed by atoms with Crippen molar-refractivity contribution in [2.45, 2.75) is 85.0 Å². The van der Waals surface area contributed by atoms with Gasteiger partial charge in [0.25, 0.3) is 0 Å². The maximum absolute atomic E-state index is 12.9. The van der Waals surface area contributed by atoms with E-state index in [1.165, 1.54) is 46.2 Å². The van der Waals surface area contributed by atoms with Gasteiger partial charge in [-0.3, -0.25) is 24.2 Å². The van der Waals surface area contributed by atoms with Crippen molar-refractivity contribution in [3.05, 3.63) is 47.5 Å². The lowest BCUT2D eigenvalue weighted by atomic mass is 10.1. The molecule has 2 aromatic carbocycles. The molecular weight excluding hydrogens is 652 g/mol. The number of hydrogen-bond donors (Lipinski definition) is 0. The lowest BCUT2D eigenvalue weighted by Crippen LogP contribution is -2.44. The fraction of sp³-hybridized carbons (Fsp3) is 0.500. The number of carbonyl (C=O) groups is 6. The van der Waals surface area contributed by atoms with Gasteiger partial charge in [-0.2, -0.15) is 0 Å². The number of nitrogens with zero attached hydrogens (tertiary/aromatic N) is 2. The van der Waals surface area contributed by atoms with Crippen molar-refractivity contribution in [3.8, 4) is 23.0 Å². The standard InChI is InChI=1S/C36H44N2O12/c1-8-15-37(33(43)49-35(2,3)4)19-31(41)45-20-25(39)22-11-13-27-29(17-22)47-28-14-12-23(18-30(28)48-27)26(40)21-46-32(42)24-10-9-16-38(24)34(44)50-36(5,6)7/h11-14,17-18,24H,8-10,15-16,19-21H2,1-7H3. The lowest BCUT2D eigenvalue weighted by Gasteiger charge is -2.27. The molecule has 1 unspecified atom stereocenters. The van der Waals surface area contributed by atoms with E-state index in [9.17, 15) is 28.8 Å². The second kappa shape index (κ2) is 15.6. The molecule has 50 heavy (non-hydrogen) atoms. The number of esters is 2. The first-order valence-electron chi connectivity index (χ1n) is 16.4. The smallest absolute Gasteiger partial charge is 0.411 e. The van der Waals surface area contributed by atoms with Crippen molar-refractivity contribution >= 4 is 35.7 Å². The van der Waals surface area contributed by atoms with Gasteiger partial charge in [0.2, 0.25) is 0 Å². The van der Waals surface area contributed by atoms with E-state index < -0.39 is 66.1 Å². The summed E-state index contributed by atoms with van der Waals surface area (Å²) in [6.45, 7) is 11.4. The predicted octanol–water partition coefficient (Wildman–Crippen LogP) is 6.08. The molecule has 0 spiro atoms. The molecule has 14 nitrogen and oxygen atoms in total. The van der Waals surface area contributed by atoms with Gasteiger partial charge in [0, 0.05) is 24.2 Å². The quantitative estimate of drug-likeness (QED) is 0.129. The number of carbonyl (C=O) groups excluding carboxylic acids is 6. The van der Waals surface area contributed by atoms with Gasteiger partial charge in [-0.05, 0) is 97.2 Å². The molecule has 0 bridgehead atoms. The molecule has 1 fully saturated rings. The maximum atomic E-state index is 12.9. The SMILES string of the molecule is CCCN(CC(=O)OCC(=O)c1ccc2c(c1)Oc1ccc(C(=O)COC(=O)C3CCCN3C(=O)OC(C)(C)C)cc1O2)C(=O)OC(C)(C)C. The largest absolute Gasteiger partial charge is 0.456 e. The predicted molar refractivity (Wildman–Crippen MR) is 178 cm³/mol. The highest BCUT2D eigenvalue weighted by Gasteiger charge is 2.38. The molecule has 0 aliphatic carbocycles. The maximum Gasteiger partial charge on any atom is 0.411 e. The summed E-state index contributed by atoms with van der Waals surface area (Å²) in [4.78, 5) is 78.5.